The van der Waals surface area contributed by atoms with Gasteiger partial charge in [0.15, 0.2) is 6.10 Å². The van der Waals surface area contributed by atoms with Gasteiger partial charge in [0.25, 0.3) is 15.9 Å². The van der Waals surface area contributed by atoms with Gasteiger partial charge in [-0.1, -0.05) is 23.8 Å². The van der Waals surface area contributed by atoms with Gasteiger partial charge in [0.2, 0.25) is 0 Å². The highest BCUT2D eigenvalue weighted by Gasteiger charge is 2.20. The number of aryl methyl sites for hydroxylation is 1. The Morgan fingerprint density at radius 3 is 2.22 bits per heavy atom. The van der Waals surface area contributed by atoms with E-state index in [1.807, 2.05) is 6.92 Å². The molecule has 0 saturated carbocycles. The largest absolute Gasteiger partial charge is 0.449 e. The number of hydrogen-bond acceptors (Lipinski definition) is 5. The number of nitrogens with one attached hydrogen (secondary N) is 2. The van der Waals surface area contributed by atoms with Gasteiger partial charge in [-0.15, -0.1) is 0 Å². The summed E-state index contributed by atoms with van der Waals surface area (Å²) in [5, 5.41) is 2.45. The minimum absolute atomic E-state index is 0.0356. The van der Waals surface area contributed by atoms with Crippen molar-refractivity contribution >= 4 is 33.3 Å². The fourth-order valence-electron chi connectivity index (χ4n) is 2.70. The SMILES string of the molecule is Cc1ccc(NS(=O)(=O)c2ccc(C(=O)OC(C)C(=O)Nc3cccc(F)c3)cc2)cc1. The predicted molar refractivity (Wildman–Crippen MR) is 118 cm³/mol. The van der Waals surface area contributed by atoms with Crippen LogP contribution in [0.15, 0.2) is 77.7 Å². The van der Waals surface area contributed by atoms with Crippen LogP contribution in [0.25, 0.3) is 0 Å². The second kappa shape index (κ2) is 9.61. The van der Waals surface area contributed by atoms with E-state index in [-0.39, 0.29) is 16.1 Å². The Kier molecular flexibility index (Phi) is 6.89. The fraction of sp³-hybridized carbons (Fsp3) is 0.130. The van der Waals surface area contributed by atoms with E-state index < -0.39 is 33.8 Å². The second-order valence-corrected chi connectivity index (χ2v) is 8.73. The number of carbonyl (C=O) groups excluding carboxylic acids is 2. The van der Waals surface area contributed by atoms with Gasteiger partial charge >= 0.3 is 5.97 Å². The number of hydrogen-bond donors (Lipinski definition) is 2. The monoisotopic (exact) mass is 456 g/mol. The Morgan fingerprint density at radius 2 is 1.59 bits per heavy atom. The number of esters is 1. The van der Waals surface area contributed by atoms with Crippen molar-refractivity contribution in [3.8, 4) is 0 Å². The first-order valence-electron chi connectivity index (χ1n) is 9.61. The fourth-order valence-corrected chi connectivity index (χ4v) is 3.76. The summed E-state index contributed by atoms with van der Waals surface area (Å²) >= 11 is 0. The third-order valence-electron chi connectivity index (χ3n) is 4.45. The van der Waals surface area contributed by atoms with Gasteiger partial charge in [-0.05, 0) is 68.4 Å². The molecule has 3 aromatic carbocycles. The molecule has 166 valence electrons. The van der Waals surface area contributed by atoms with Gasteiger partial charge in [-0.3, -0.25) is 9.52 Å². The number of halogens is 1. The first-order chi connectivity index (χ1) is 15.1. The zero-order valence-corrected chi connectivity index (χ0v) is 18.1. The summed E-state index contributed by atoms with van der Waals surface area (Å²) in [7, 11) is -3.84. The van der Waals surface area contributed by atoms with Crippen molar-refractivity contribution in [1.29, 1.82) is 0 Å². The third-order valence-corrected chi connectivity index (χ3v) is 5.85. The topological polar surface area (TPSA) is 102 Å². The average Bonchev–Trinajstić information content (AvgIpc) is 2.75. The van der Waals surface area contributed by atoms with Gasteiger partial charge in [0.1, 0.15) is 5.82 Å². The summed E-state index contributed by atoms with van der Waals surface area (Å²) in [6.07, 6.45) is -1.16. The van der Waals surface area contributed by atoms with Crippen molar-refractivity contribution in [2.75, 3.05) is 10.0 Å². The Hall–Kier alpha value is -3.72. The van der Waals surface area contributed by atoms with Crippen LogP contribution >= 0.6 is 0 Å². The number of anilines is 2. The van der Waals surface area contributed by atoms with Crippen LogP contribution in [0.4, 0.5) is 15.8 Å². The number of ether oxygens (including phenoxy) is 1. The first kappa shape index (κ1) is 23.0. The minimum Gasteiger partial charge on any atom is -0.449 e. The number of benzene rings is 3. The Morgan fingerprint density at radius 1 is 0.938 bits per heavy atom. The van der Waals surface area contributed by atoms with Crippen LogP contribution in [0, 0.1) is 12.7 Å². The maximum Gasteiger partial charge on any atom is 0.338 e. The van der Waals surface area contributed by atoms with Crippen LogP contribution in [0.3, 0.4) is 0 Å². The van der Waals surface area contributed by atoms with Crippen LogP contribution in [-0.2, 0) is 19.6 Å². The van der Waals surface area contributed by atoms with Gasteiger partial charge in [0.05, 0.1) is 10.5 Å². The lowest BCUT2D eigenvalue weighted by atomic mass is 10.2. The van der Waals surface area contributed by atoms with E-state index in [0.29, 0.717) is 5.69 Å². The highest BCUT2D eigenvalue weighted by atomic mass is 32.2. The molecule has 3 aromatic rings. The lowest BCUT2D eigenvalue weighted by molar-refractivity contribution is -0.123. The molecule has 0 aliphatic heterocycles. The molecule has 0 aliphatic rings. The van der Waals surface area contributed by atoms with Crippen molar-refractivity contribution in [3.63, 3.8) is 0 Å². The van der Waals surface area contributed by atoms with Gasteiger partial charge < -0.3 is 10.1 Å². The molecule has 0 fully saturated rings. The molecular weight excluding hydrogens is 435 g/mol. The molecule has 0 saturated heterocycles. The molecule has 0 aliphatic carbocycles. The summed E-state index contributed by atoms with van der Waals surface area (Å²) in [6, 6.07) is 17.3. The van der Waals surface area contributed by atoms with Gasteiger partial charge in [-0.2, -0.15) is 0 Å². The highest BCUT2D eigenvalue weighted by molar-refractivity contribution is 7.92. The van der Waals surface area contributed by atoms with E-state index in [9.17, 15) is 22.4 Å². The van der Waals surface area contributed by atoms with E-state index >= 15 is 0 Å². The number of carbonyl (C=O) groups is 2. The molecule has 1 amide bonds. The number of sulfonamides is 1. The molecule has 0 heterocycles. The van der Waals surface area contributed by atoms with Gasteiger partial charge in [-0.25, -0.2) is 17.6 Å². The lowest BCUT2D eigenvalue weighted by Gasteiger charge is -2.14. The van der Waals surface area contributed by atoms with Crippen LogP contribution in [0.2, 0.25) is 0 Å². The summed E-state index contributed by atoms with van der Waals surface area (Å²) in [6.45, 7) is 3.26. The Bertz CT molecular complexity index is 1230. The first-order valence-corrected chi connectivity index (χ1v) is 11.1. The third kappa shape index (κ3) is 5.92. The van der Waals surface area contributed by atoms with E-state index in [4.69, 9.17) is 4.74 Å². The molecule has 1 atom stereocenters. The highest BCUT2D eigenvalue weighted by Crippen LogP contribution is 2.18. The van der Waals surface area contributed by atoms with Crippen LogP contribution < -0.4 is 10.0 Å². The summed E-state index contributed by atoms with van der Waals surface area (Å²) in [5.41, 5.74) is 1.71. The lowest BCUT2D eigenvalue weighted by Crippen LogP contribution is -2.30. The summed E-state index contributed by atoms with van der Waals surface area (Å²) in [4.78, 5) is 24.5. The molecule has 7 nitrogen and oxygen atoms in total. The summed E-state index contributed by atoms with van der Waals surface area (Å²) < 4.78 is 45.9. The normalized spacial score (nSPS) is 12.0. The maximum atomic E-state index is 13.2. The molecule has 1 unspecified atom stereocenters. The Labute approximate surface area is 185 Å². The molecule has 0 bridgehead atoms. The number of rotatable bonds is 7. The molecule has 0 aromatic heterocycles. The van der Waals surface area contributed by atoms with Crippen molar-refractivity contribution in [3.05, 3.63) is 89.7 Å². The molecule has 2 N–H and O–H groups in total. The minimum atomic E-state index is -3.84. The van der Waals surface area contributed by atoms with E-state index in [1.165, 1.54) is 49.4 Å². The predicted octanol–water partition coefficient (Wildman–Crippen LogP) is 4.12. The van der Waals surface area contributed by atoms with Crippen molar-refractivity contribution in [1.82, 2.24) is 0 Å². The standard InChI is InChI=1S/C23H21FN2O5S/c1-15-6-10-19(11-7-15)26-32(29,30)21-12-8-17(9-13-21)23(28)31-16(2)22(27)25-20-5-3-4-18(24)14-20/h3-14,16,26H,1-2H3,(H,25,27). The number of amides is 1. The van der Waals surface area contributed by atoms with E-state index in [2.05, 4.69) is 10.0 Å². The Balaban J connectivity index is 1.62. The van der Waals surface area contributed by atoms with Crippen LogP contribution in [0.1, 0.15) is 22.8 Å². The van der Waals surface area contributed by atoms with Crippen molar-refractivity contribution in [2.45, 2.75) is 24.8 Å². The van der Waals surface area contributed by atoms with Crippen LogP contribution in [-0.4, -0.2) is 26.4 Å². The zero-order chi connectivity index (χ0) is 23.3. The maximum absolute atomic E-state index is 13.2. The average molecular weight is 456 g/mol. The molecule has 0 radical (unpaired) electrons. The molecule has 9 heteroatoms. The van der Waals surface area contributed by atoms with Crippen molar-refractivity contribution in [2.24, 2.45) is 0 Å². The molecular formula is C23H21FN2O5S. The zero-order valence-electron chi connectivity index (χ0n) is 17.3. The van der Waals surface area contributed by atoms with Crippen molar-refractivity contribution < 1.29 is 27.1 Å². The summed E-state index contributed by atoms with van der Waals surface area (Å²) in [5.74, 6) is -1.95. The van der Waals surface area contributed by atoms with Crippen LogP contribution in [0.5, 0.6) is 0 Å². The smallest absolute Gasteiger partial charge is 0.338 e. The quantitative estimate of drug-likeness (QED) is 0.521. The van der Waals surface area contributed by atoms with E-state index in [0.717, 1.165) is 11.6 Å². The second-order valence-electron chi connectivity index (χ2n) is 7.04. The van der Waals surface area contributed by atoms with Gasteiger partial charge in [0, 0.05) is 11.4 Å². The van der Waals surface area contributed by atoms with E-state index in [1.54, 1.807) is 24.3 Å². The molecule has 0 spiro atoms. The molecule has 32 heavy (non-hydrogen) atoms. The molecule has 3 rings (SSSR count).